The second kappa shape index (κ2) is 8.91. The maximum absolute atomic E-state index is 12.1. The van der Waals surface area contributed by atoms with Crippen LogP contribution in [0.2, 0.25) is 0 Å². The van der Waals surface area contributed by atoms with Crippen LogP contribution in [0.5, 0.6) is 11.5 Å². The highest BCUT2D eigenvalue weighted by Crippen LogP contribution is 2.19. The molecule has 0 radical (unpaired) electrons. The molecule has 8 nitrogen and oxygen atoms in total. The van der Waals surface area contributed by atoms with E-state index in [4.69, 9.17) is 15.2 Å². The van der Waals surface area contributed by atoms with E-state index < -0.39 is 11.9 Å². The highest BCUT2D eigenvalue weighted by molar-refractivity contribution is 5.87. The number of hydrogen-bond donors (Lipinski definition) is 2. The first kappa shape index (κ1) is 18.6. The van der Waals surface area contributed by atoms with E-state index in [1.54, 1.807) is 31.4 Å². The fourth-order valence-corrected chi connectivity index (χ4v) is 2.70. The molecule has 8 heteroatoms. The third kappa shape index (κ3) is 5.37. The number of carbonyl (C=O) groups is 3. The molecule has 0 spiro atoms. The van der Waals surface area contributed by atoms with E-state index in [0.29, 0.717) is 24.5 Å². The molecule has 1 aliphatic heterocycles. The fraction of sp³-hybridized carbons (Fsp3) is 0.471. The minimum Gasteiger partial charge on any atom is -0.497 e. The molecule has 3 amide bonds. The van der Waals surface area contributed by atoms with E-state index >= 15 is 0 Å². The molecular weight excluding hydrogens is 326 g/mol. The van der Waals surface area contributed by atoms with Crippen LogP contribution in [0.1, 0.15) is 19.3 Å². The highest BCUT2D eigenvalue weighted by Gasteiger charge is 2.32. The molecule has 1 unspecified atom stereocenters. The highest BCUT2D eigenvalue weighted by atomic mass is 16.5. The van der Waals surface area contributed by atoms with Crippen LogP contribution in [0, 0.1) is 0 Å². The topological polar surface area (TPSA) is 111 Å². The van der Waals surface area contributed by atoms with Crippen LogP contribution in [-0.2, 0) is 14.4 Å². The molecule has 1 heterocycles. The van der Waals surface area contributed by atoms with Crippen LogP contribution in [0.3, 0.4) is 0 Å². The van der Waals surface area contributed by atoms with Crippen LogP contribution in [0.15, 0.2) is 24.3 Å². The second-order valence-electron chi connectivity index (χ2n) is 5.72. The van der Waals surface area contributed by atoms with Crippen molar-refractivity contribution in [1.29, 1.82) is 0 Å². The summed E-state index contributed by atoms with van der Waals surface area (Å²) in [4.78, 5) is 36.7. The van der Waals surface area contributed by atoms with Gasteiger partial charge in [0.15, 0.2) is 6.61 Å². The van der Waals surface area contributed by atoms with Gasteiger partial charge in [-0.3, -0.25) is 14.4 Å². The van der Waals surface area contributed by atoms with Crippen LogP contribution in [0.4, 0.5) is 0 Å². The van der Waals surface area contributed by atoms with Gasteiger partial charge in [0.2, 0.25) is 11.8 Å². The average Bonchev–Trinajstić information content (AvgIpc) is 3.10. The van der Waals surface area contributed by atoms with Crippen molar-refractivity contribution in [2.75, 3.05) is 26.8 Å². The Kier molecular flexibility index (Phi) is 6.62. The maximum atomic E-state index is 12.1. The van der Waals surface area contributed by atoms with E-state index in [1.165, 1.54) is 4.90 Å². The number of nitrogens with zero attached hydrogens (tertiary/aromatic N) is 1. The van der Waals surface area contributed by atoms with Gasteiger partial charge in [-0.15, -0.1) is 0 Å². The Balaban J connectivity index is 1.69. The predicted molar refractivity (Wildman–Crippen MR) is 90.0 cm³/mol. The van der Waals surface area contributed by atoms with Crippen molar-refractivity contribution in [2.45, 2.75) is 25.3 Å². The van der Waals surface area contributed by atoms with Gasteiger partial charge in [0.05, 0.1) is 7.11 Å². The number of methoxy groups -OCH3 is 1. The zero-order chi connectivity index (χ0) is 18.2. The summed E-state index contributed by atoms with van der Waals surface area (Å²) in [5.74, 6) is 0.158. The Morgan fingerprint density at radius 3 is 2.80 bits per heavy atom. The zero-order valence-corrected chi connectivity index (χ0v) is 14.2. The van der Waals surface area contributed by atoms with E-state index in [-0.39, 0.29) is 31.4 Å². The lowest BCUT2D eigenvalue weighted by Crippen LogP contribution is -2.44. The Hall–Kier alpha value is -2.77. The number of amides is 3. The molecular formula is C17H23N3O5. The lowest BCUT2D eigenvalue weighted by molar-refractivity contribution is -0.137. The number of nitrogens with one attached hydrogen (secondary N) is 1. The van der Waals surface area contributed by atoms with Gasteiger partial charge >= 0.3 is 0 Å². The summed E-state index contributed by atoms with van der Waals surface area (Å²) >= 11 is 0. The Labute approximate surface area is 146 Å². The molecule has 2 rings (SSSR count). The van der Waals surface area contributed by atoms with Crippen LogP contribution in [0.25, 0.3) is 0 Å². The summed E-state index contributed by atoms with van der Waals surface area (Å²) in [5.41, 5.74) is 5.29. The standard InChI is InChI=1S/C17H23N3O5/c1-24-12-4-2-5-13(10-12)25-11-15(21)19-8-7-16(22)20-9-3-6-14(20)17(18)23/h2,4-5,10,14H,3,6-9,11H2,1H3,(H2,18,23)(H,19,21). The van der Waals surface area contributed by atoms with Crippen LogP contribution >= 0.6 is 0 Å². The fourth-order valence-electron chi connectivity index (χ4n) is 2.70. The van der Waals surface area contributed by atoms with Gasteiger partial charge in [-0.2, -0.15) is 0 Å². The number of carbonyl (C=O) groups excluding carboxylic acids is 3. The first-order chi connectivity index (χ1) is 12.0. The first-order valence-electron chi connectivity index (χ1n) is 8.13. The van der Waals surface area contributed by atoms with Crippen molar-refractivity contribution in [3.8, 4) is 11.5 Å². The summed E-state index contributed by atoms with van der Waals surface area (Å²) in [6, 6.07) is 6.40. The van der Waals surface area contributed by atoms with Gasteiger partial charge in [-0.1, -0.05) is 6.07 Å². The van der Waals surface area contributed by atoms with Crippen LogP contribution in [-0.4, -0.2) is 55.5 Å². The molecule has 0 bridgehead atoms. The van der Waals surface area contributed by atoms with Crippen molar-refractivity contribution in [3.05, 3.63) is 24.3 Å². The van der Waals surface area contributed by atoms with Gasteiger partial charge in [0.25, 0.3) is 5.91 Å². The number of benzene rings is 1. The lowest BCUT2D eigenvalue weighted by atomic mass is 10.2. The molecule has 3 N–H and O–H groups in total. The molecule has 1 aliphatic rings. The molecule has 1 fully saturated rings. The third-order valence-corrected chi connectivity index (χ3v) is 3.97. The number of primary amides is 1. The van der Waals surface area contributed by atoms with Crippen LogP contribution < -0.4 is 20.5 Å². The zero-order valence-electron chi connectivity index (χ0n) is 14.2. The normalized spacial score (nSPS) is 16.4. The number of ether oxygens (including phenoxy) is 2. The van der Waals surface area contributed by atoms with E-state index in [9.17, 15) is 14.4 Å². The number of hydrogen-bond acceptors (Lipinski definition) is 5. The first-order valence-corrected chi connectivity index (χ1v) is 8.13. The molecule has 0 aliphatic carbocycles. The largest absolute Gasteiger partial charge is 0.497 e. The molecule has 1 aromatic carbocycles. The summed E-state index contributed by atoms with van der Waals surface area (Å²) in [6.07, 6.45) is 1.48. The minimum atomic E-state index is -0.528. The molecule has 0 saturated carbocycles. The molecule has 1 atom stereocenters. The quantitative estimate of drug-likeness (QED) is 0.689. The van der Waals surface area contributed by atoms with E-state index in [1.807, 2.05) is 0 Å². The monoisotopic (exact) mass is 349 g/mol. The second-order valence-corrected chi connectivity index (χ2v) is 5.72. The minimum absolute atomic E-state index is 0.120. The van der Waals surface area contributed by atoms with Crippen molar-refractivity contribution in [2.24, 2.45) is 5.73 Å². The summed E-state index contributed by atoms with van der Waals surface area (Å²) in [6.45, 7) is 0.551. The van der Waals surface area contributed by atoms with Crippen molar-refractivity contribution < 1.29 is 23.9 Å². The molecule has 1 saturated heterocycles. The van der Waals surface area contributed by atoms with Gasteiger partial charge in [-0.25, -0.2) is 0 Å². The molecule has 0 aromatic heterocycles. The van der Waals surface area contributed by atoms with Crippen molar-refractivity contribution in [1.82, 2.24) is 10.2 Å². The summed E-state index contributed by atoms with van der Waals surface area (Å²) in [5, 5.41) is 2.62. The van der Waals surface area contributed by atoms with Gasteiger partial charge in [0, 0.05) is 25.6 Å². The number of nitrogens with two attached hydrogens (primary N) is 1. The average molecular weight is 349 g/mol. The lowest BCUT2D eigenvalue weighted by Gasteiger charge is -2.22. The van der Waals surface area contributed by atoms with Gasteiger partial charge in [0.1, 0.15) is 17.5 Å². The Morgan fingerprint density at radius 1 is 1.32 bits per heavy atom. The Morgan fingerprint density at radius 2 is 2.08 bits per heavy atom. The number of rotatable bonds is 8. The summed E-state index contributed by atoms with van der Waals surface area (Å²) < 4.78 is 10.4. The van der Waals surface area contributed by atoms with Crippen molar-refractivity contribution >= 4 is 17.7 Å². The summed E-state index contributed by atoms with van der Waals surface area (Å²) in [7, 11) is 1.55. The van der Waals surface area contributed by atoms with Gasteiger partial charge < -0.3 is 25.4 Å². The molecule has 1 aromatic rings. The maximum Gasteiger partial charge on any atom is 0.257 e. The van der Waals surface area contributed by atoms with E-state index in [0.717, 1.165) is 6.42 Å². The van der Waals surface area contributed by atoms with Gasteiger partial charge in [-0.05, 0) is 25.0 Å². The molecule has 136 valence electrons. The smallest absolute Gasteiger partial charge is 0.257 e. The Bertz CT molecular complexity index is 634. The SMILES string of the molecule is COc1cccc(OCC(=O)NCCC(=O)N2CCCC2C(N)=O)c1. The van der Waals surface area contributed by atoms with E-state index in [2.05, 4.69) is 5.32 Å². The van der Waals surface area contributed by atoms with Crippen molar-refractivity contribution in [3.63, 3.8) is 0 Å². The predicted octanol–water partition coefficient (Wildman–Crippen LogP) is 0.0566. The third-order valence-electron chi connectivity index (χ3n) is 3.97. The molecule has 25 heavy (non-hydrogen) atoms. The number of likely N-dealkylation sites (tertiary alicyclic amines) is 1.